The van der Waals surface area contributed by atoms with E-state index in [1.165, 1.54) is 6.42 Å². The van der Waals surface area contributed by atoms with Gasteiger partial charge in [-0.05, 0) is 30.4 Å². The Balaban J connectivity index is 1.73. The number of rotatable bonds is 4. The number of nitrogens with zero attached hydrogens (tertiary/aromatic N) is 1. The summed E-state index contributed by atoms with van der Waals surface area (Å²) < 4.78 is 5.18. The fourth-order valence-electron chi connectivity index (χ4n) is 2.78. The molecular formula is C14H22N2O2. The molecule has 0 radical (unpaired) electrons. The number of carbonyl (C=O) groups is 1. The van der Waals surface area contributed by atoms with Gasteiger partial charge in [-0.3, -0.25) is 9.69 Å². The first-order valence-corrected chi connectivity index (χ1v) is 6.65. The van der Waals surface area contributed by atoms with Crippen LogP contribution >= 0.6 is 0 Å². The van der Waals surface area contributed by atoms with Gasteiger partial charge in [0.05, 0.1) is 19.4 Å². The lowest BCUT2D eigenvalue weighted by Gasteiger charge is -2.34. The summed E-state index contributed by atoms with van der Waals surface area (Å²) in [6.07, 6.45) is 2.89. The van der Waals surface area contributed by atoms with Gasteiger partial charge in [-0.1, -0.05) is 13.8 Å². The predicted octanol–water partition coefficient (Wildman–Crippen LogP) is 1.87. The highest BCUT2D eigenvalue weighted by Gasteiger charge is 2.23. The van der Waals surface area contributed by atoms with E-state index in [1.807, 2.05) is 12.1 Å². The number of piperidine rings is 1. The minimum Gasteiger partial charge on any atom is -0.467 e. The summed E-state index contributed by atoms with van der Waals surface area (Å²) in [5.74, 6) is 2.25. The van der Waals surface area contributed by atoms with Gasteiger partial charge in [0.1, 0.15) is 5.76 Å². The van der Waals surface area contributed by atoms with Gasteiger partial charge in [-0.15, -0.1) is 0 Å². The van der Waals surface area contributed by atoms with Gasteiger partial charge < -0.3 is 9.73 Å². The number of furan rings is 1. The largest absolute Gasteiger partial charge is 0.467 e. The summed E-state index contributed by atoms with van der Waals surface area (Å²) >= 11 is 0. The van der Waals surface area contributed by atoms with Crippen molar-refractivity contribution >= 4 is 5.91 Å². The van der Waals surface area contributed by atoms with Gasteiger partial charge in [-0.25, -0.2) is 0 Å². The molecule has 1 aromatic rings. The molecule has 0 aromatic carbocycles. The summed E-state index contributed by atoms with van der Waals surface area (Å²) in [6.45, 7) is 7.53. The molecule has 1 amide bonds. The maximum atomic E-state index is 11.8. The molecule has 100 valence electrons. The maximum absolute atomic E-state index is 11.8. The third kappa shape index (κ3) is 3.88. The topological polar surface area (TPSA) is 45.5 Å². The third-order valence-corrected chi connectivity index (χ3v) is 3.35. The Labute approximate surface area is 108 Å². The second-order valence-corrected chi connectivity index (χ2v) is 5.50. The molecule has 2 heterocycles. The zero-order valence-electron chi connectivity index (χ0n) is 11.2. The van der Waals surface area contributed by atoms with Crippen molar-refractivity contribution in [1.82, 2.24) is 10.2 Å². The molecule has 1 aromatic heterocycles. The number of hydrogen-bond donors (Lipinski definition) is 1. The lowest BCUT2D eigenvalue weighted by Crippen LogP contribution is -2.44. The van der Waals surface area contributed by atoms with E-state index in [0.717, 1.165) is 18.8 Å². The predicted molar refractivity (Wildman–Crippen MR) is 69.9 cm³/mol. The molecule has 2 rings (SSSR count). The molecule has 4 heteroatoms. The van der Waals surface area contributed by atoms with Crippen molar-refractivity contribution in [3.05, 3.63) is 24.2 Å². The fourth-order valence-corrected chi connectivity index (χ4v) is 2.78. The molecule has 18 heavy (non-hydrogen) atoms. The highest BCUT2D eigenvalue weighted by atomic mass is 16.3. The molecule has 2 unspecified atom stereocenters. The van der Waals surface area contributed by atoms with E-state index in [9.17, 15) is 4.79 Å². The minimum absolute atomic E-state index is 0.0766. The van der Waals surface area contributed by atoms with E-state index in [2.05, 4.69) is 24.1 Å². The molecule has 1 N–H and O–H groups in total. The van der Waals surface area contributed by atoms with Crippen molar-refractivity contribution in [2.24, 2.45) is 11.8 Å². The van der Waals surface area contributed by atoms with Crippen molar-refractivity contribution < 1.29 is 9.21 Å². The standard InChI is InChI=1S/C14H22N2O2/c1-11-6-12(2)9-16(8-11)10-14(17)15-7-13-4-3-5-18-13/h3-5,11-12H,6-10H2,1-2H3,(H,15,17). The smallest absolute Gasteiger partial charge is 0.234 e. The van der Waals surface area contributed by atoms with Gasteiger partial charge in [0, 0.05) is 13.1 Å². The number of amides is 1. The van der Waals surface area contributed by atoms with Crippen LogP contribution in [0.2, 0.25) is 0 Å². The zero-order chi connectivity index (χ0) is 13.0. The second-order valence-electron chi connectivity index (χ2n) is 5.50. The van der Waals surface area contributed by atoms with E-state index < -0.39 is 0 Å². The molecule has 4 nitrogen and oxygen atoms in total. The summed E-state index contributed by atoms with van der Waals surface area (Å²) in [5, 5.41) is 2.89. The van der Waals surface area contributed by atoms with Gasteiger partial charge in [0.2, 0.25) is 5.91 Å². The van der Waals surface area contributed by atoms with E-state index in [4.69, 9.17) is 4.42 Å². The quantitative estimate of drug-likeness (QED) is 0.887. The summed E-state index contributed by atoms with van der Waals surface area (Å²) in [6, 6.07) is 3.70. The van der Waals surface area contributed by atoms with E-state index >= 15 is 0 Å². The summed E-state index contributed by atoms with van der Waals surface area (Å²) in [7, 11) is 0. The molecule has 1 aliphatic rings. The maximum Gasteiger partial charge on any atom is 0.234 e. The van der Waals surface area contributed by atoms with Crippen molar-refractivity contribution in [2.45, 2.75) is 26.8 Å². The van der Waals surface area contributed by atoms with Gasteiger partial charge in [-0.2, -0.15) is 0 Å². The minimum atomic E-state index is 0.0766. The Morgan fingerprint density at radius 3 is 2.78 bits per heavy atom. The highest BCUT2D eigenvalue weighted by Crippen LogP contribution is 2.20. The van der Waals surface area contributed by atoms with E-state index in [-0.39, 0.29) is 5.91 Å². The van der Waals surface area contributed by atoms with Crippen LogP contribution in [0.4, 0.5) is 0 Å². The first-order valence-electron chi connectivity index (χ1n) is 6.65. The Bertz CT molecular complexity index is 365. The van der Waals surface area contributed by atoms with Crippen LogP contribution in [0.5, 0.6) is 0 Å². The van der Waals surface area contributed by atoms with Crippen LogP contribution in [0.3, 0.4) is 0 Å². The van der Waals surface area contributed by atoms with E-state index in [1.54, 1.807) is 6.26 Å². The Morgan fingerprint density at radius 2 is 2.17 bits per heavy atom. The van der Waals surface area contributed by atoms with Crippen molar-refractivity contribution in [3.8, 4) is 0 Å². The Hall–Kier alpha value is -1.29. The summed E-state index contributed by atoms with van der Waals surface area (Å²) in [4.78, 5) is 14.1. The van der Waals surface area contributed by atoms with Crippen LogP contribution in [0.1, 0.15) is 26.0 Å². The molecule has 0 aliphatic carbocycles. The first-order chi connectivity index (χ1) is 8.63. The van der Waals surface area contributed by atoms with Crippen LogP contribution in [0.25, 0.3) is 0 Å². The molecule has 0 saturated carbocycles. The SMILES string of the molecule is CC1CC(C)CN(CC(=O)NCc2ccco2)C1. The number of nitrogens with one attached hydrogen (secondary N) is 1. The molecule has 2 atom stereocenters. The molecule has 0 bridgehead atoms. The fraction of sp³-hybridized carbons (Fsp3) is 0.643. The molecule has 1 fully saturated rings. The Kier molecular flexibility index (Phi) is 4.42. The Morgan fingerprint density at radius 1 is 1.44 bits per heavy atom. The van der Waals surface area contributed by atoms with Crippen LogP contribution in [0.15, 0.2) is 22.8 Å². The average molecular weight is 250 g/mol. The lowest BCUT2D eigenvalue weighted by molar-refractivity contribution is -0.123. The van der Waals surface area contributed by atoms with Crippen LogP contribution in [-0.2, 0) is 11.3 Å². The van der Waals surface area contributed by atoms with Crippen molar-refractivity contribution in [3.63, 3.8) is 0 Å². The molecule has 1 aliphatic heterocycles. The monoisotopic (exact) mass is 250 g/mol. The number of hydrogen-bond acceptors (Lipinski definition) is 3. The van der Waals surface area contributed by atoms with Crippen LogP contribution in [-0.4, -0.2) is 30.4 Å². The van der Waals surface area contributed by atoms with Crippen LogP contribution < -0.4 is 5.32 Å². The molecule has 1 saturated heterocycles. The molecule has 0 spiro atoms. The zero-order valence-corrected chi connectivity index (χ0v) is 11.2. The average Bonchev–Trinajstić information content (AvgIpc) is 2.77. The second kappa shape index (κ2) is 6.05. The number of carbonyl (C=O) groups excluding carboxylic acids is 1. The highest BCUT2D eigenvalue weighted by molar-refractivity contribution is 5.77. The normalized spacial score (nSPS) is 25.0. The van der Waals surface area contributed by atoms with E-state index in [0.29, 0.717) is 24.9 Å². The van der Waals surface area contributed by atoms with Crippen molar-refractivity contribution in [2.75, 3.05) is 19.6 Å². The summed E-state index contributed by atoms with van der Waals surface area (Å²) in [5.41, 5.74) is 0. The van der Waals surface area contributed by atoms with Gasteiger partial charge >= 0.3 is 0 Å². The first kappa shape index (κ1) is 13.1. The third-order valence-electron chi connectivity index (χ3n) is 3.35. The van der Waals surface area contributed by atoms with Crippen molar-refractivity contribution in [1.29, 1.82) is 0 Å². The van der Waals surface area contributed by atoms with Gasteiger partial charge in [0.25, 0.3) is 0 Å². The molecular weight excluding hydrogens is 228 g/mol. The van der Waals surface area contributed by atoms with Crippen LogP contribution in [0, 0.1) is 11.8 Å². The lowest BCUT2D eigenvalue weighted by atomic mass is 9.92. The van der Waals surface area contributed by atoms with Gasteiger partial charge in [0.15, 0.2) is 0 Å². The number of likely N-dealkylation sites (tertiary alicyclic amines) is 1.